The minimum absolute atomic E-state index is 0.0175. The van der Waals surface area contributed by atoms with Crippen molar-refractivity contribution >= 4 is 11.8 Å². The first-order valence-electron chi connectivity index (χ1n) is 6.86. The molecule has 2 aliphatic rings. The maximum Gasteiger partial charge on any atom is 0.240 e. The molecule has 2 fully saturated rings. The SMILES string of the molecule is CC1CCC(C(=O)N2CCCC2C(N)=O)CC1N. The first-order chi connectivity index (χ1) is 8.50. The van der Waals surface area contributed by atoms with E-state index in [0.29, 0.717) is 18.9 Å². The molecule has 0 aromatic heterocycles. The lowest BCUT2D eigenvalue weighted by atomic mass is 9.79. The molecule has 0 aromatic carbocycles. The number of amides is 2. The van der Waals surface area contributed by atoms with Crippen LogP contribution in [0.1, 0.15) is 39.0 Å². The molecule has 4 atom stereocenters. The number of nitrogens with zero attached hydrogens (tertiary/aromatic N) is 1. The molecule has 1 saturated heterocycles. The molecule has 18 heavy (non-hydrogen) atoms. The topological polar surface area (TPSA) is 89.4 Å². The van der Waals surface area contributed by atoms with Gasteiger partial charge >= 0.3 is 0 Å². The molecule has 4 N–H and O–H groups in total. The first-order valence-corrected chi connectivity index (χ1v) is 6.86. The minimum Gasteiger partial charge on any atom is -0.368 e. The summed E-state index contributed by atoms with van der Waals surface area (Å²) in [4.78, 5) is 25.4. The highest BCUT2D eigenvalue weighted by Gasteiger charge is 2.38. The fourth-order valence-corrected chi connectivity index (χ4v) is 3.14. The number of carbonyl (C=O) groups excluding carboxylic acids is 2. The van der Waals surface area contributed by atoms with Crippen LogP contribution < -0.4 is 11.5 Å². The van der Waals surface area contributed by atoms with Gasteiger partial charge in [0, 0.05) is 18.5 Å². The summed E-state index contributed by atoms with van der Waals surface area (Å²) in [6.45, 7) is 2.79. The van der Waals surface area contributed by atoms with Crippen LogP contribution in [-0.2, 0) is 9.59 Å². The van der Waals surface area contributed by atoms with E-state index in [4.69, 9.17) is 11.5 Å². The van der Waals surface area contributed by atoms with Crippen molar-refractivity contribution in [2.24, 2.45) is 23.3 Å². The maximum atomic E-state index is 12.4. The number of primary amides is 1. The predicted octanol–water partition coefficient (Wildman–Crippen LogP) is 0.226. The Morgan fingerprint density at radius 1 is 1.22 bits per heavy atom. The van der Waals surface area contributed by atoms with Gasteiger partial charge in [-0.3, -0.25) is 9.59 Å². The van der Waals surface area contributed by atoms with Gasteiger partial charge in [0.2, 0.25) is 11.8 Å². The van der Waals surface area contributed by atoms with Crippen molar-refractivity contribution in [3.05, 3.63) is 0 Å². The summed E-state index contributed by atoms with van der Waals surface area (Å²) in [5.41, 5.74) is 11.4. The van der Waals surface area contributed by atoms with Crippen molar-refractivity contribution in [1.29, 1.82) is 0 Å². The summed E-state index contributed by atoms with van der Waals surface area (Å²) < 4.78 is 0. The zero-order valence-corrected chi connectivity index (χ0v) is 11.0. The van der Waals surface area contributed by atoms with Gasteiger partial charge in [-0.05, 0) is 38.0 Å². The Balaban J connectivity index is 2.01. The maximum absolute atomic E-state index is 12.4. The largest absolute Gasteiger partial charge is 0.368 e. The molecule has 4 unspecified atom stereocenters. The van der Waals surface area contributed by atoms with Gasteiger partial charge in [-0.15, -0.1) is 0 Å². The zero-order chi connectivity index (χ0) is 13.3. The summed E-state index contributed by atoms with van der Waals surface area (Å²) in [7, 11) is 0. The average molecular weight is 253 g/mol. The number of carbonyl (C=O) groups is 2. The third-order valence-electron chi connectivity index (χ3n) is 4.47. The van der Waals surface area contributed by atoms with Crippen LogP contribution in [0.25, 0.3) is 0 Å². The standard InChI is InChI=1S/C13H23N3O2/c1-8-4-5-9(7-10(8)14)13(18)16-6-2-3-11(16)12(15)17/h8-11H,2-7,14H2,1H3,(H2,15,17). The van der Waals surface area contributed by atoms with Gasteiger partial charge in [-0.1, -0.05) is 6.92 Å². The predicted molar refractivity (Wildman–Crippen MR) is 68.4 cm³/mol. The van der Waals surface area contributed by atoms with Crippen LogP contribution in [0, 0.1) is 11.8 Å². The summed E-state index contributed by atoms with van der Waals surface area (Å²) in [5.74, 6) is 0.170. The molecule has 1 heterocycles. The Kier molecular flexibility index (Phi) is 3.90. The third kappa shape index (κ3) is 2.51. The Hall–Kier alpha value is -1.10. The molecule has 2 rings (SSSR count). The summed E-state index contributed by atoms with van der Waals surface area (Å²) in [6.07, 6.45) is 4.19. The number of nitrogens with two attached hydrogens (primary N) is 2. The highest BCUT2D eigenvalue weighted by atomic mass is 16.2. The molecule has 0 bridgehead atoms. The van der Waals surface area contributed by atoms with Crippen molar-refractivity contribution < 1.29 is 9.59 Å². The van der Waals surface area contributed by atoms with Crippen molar-refractivity contribution in [1.82, 2.24) is 4.90 Å². The van der Waals surface area contributed by atoms with E-state index in [2.05, 4.69) is 6.92 Å². The lowest BCUT2D eigenvalue weighted by molar-refractivity contribution is -0.141. The van der Waals surface area contributed by atoms with Crippen LogP contribution in [0.2, 0.25) is 0 Å². The molecule has 1 aliphatic heterocycles. The van der Waals surface area contributed by atoms with Crippen molar-refractivity contribution in [2.75, 3.05) is 6.54 Å². The van der Waals surface area contributed by atoms with E-state index in [9.17, 15) is 9.59 Å². The van der Waals surface area contributed by atoms with E-state index < -0.39 is 6.04 Å². The quantitative estimate of drug-likeness (QED) is 0.738. The van der Waals surface area contributed by atoms with Gasteiger partial charge in [0.25, 0.3) is 0 Å². The highest BCUT2D eigenvalue weighted by Crippen LogP contribution is 2.31. The number of hydrogen-bond donors (Lipinski definition) is 2. The van der Waals surface area contributed by atoms with E-state index in [1.165, 1.54) is 0 Å². The van der Waals surface area contributed by atoms with E-state index >= 15 is 0 Å². The number of hydrogen-bond acceptors (Lipinski definition) is 3. The smallest absolute Gasteiger partial charge is 0.240 e. The van der Waals surface area contributed by atoms with Crippen LogP contribution >= 0.6 is 0 Å². The van der Waals surface area contributed by atoms with Gasteiger partial charge in [0.15, 0.2) is 0 Å². The number of rotatable bonds is 2. The van der Waals surface area contributed by atoms with Crippen LogP contribution in [0.4, 0.5) is 0 Å². The van der Waals surface area contributed by atoms with Crippen LogP contribution in [0.5, 0.6) is 0 Å². The van der Waals surface area contributed by atoms with Crippen molar-refractivity contribution in [3.8, 4) is 0 Å². The van der Waals surface area contributed by atoms with Gasteiger partial charge in [0.1, 0.15) is 6.04 Å². The Bertz CT molecular complexity index is 345. The van der Waals surface area contributed by atoms with Crippen molar-refractivity contribution in [3.63, 3.8) is 0 Å². The average Bonchev–Trinajstić information content (AvgIpc) is 2.81. The Morgan fingerprint density at radius 3 is 2.56 bits per heavy atom. The molecule has 2 amide bonds. The Morgan fingerprint density at radius 2 is 1.94 bits per heavy atom. The molecule has 5 heteroatoms. The zero-order valence-electron chi connectivity index (χ0n) is 11.0. The molecule has 102 valence electrons. The lowest BCUT2D eigenvalue weighted by Crippen LogP contribution is -2.48. The molecule has 1 aliphatic carbocycles. The normalized spacial score (nSPS) is 36.7. The number of likely N-dealkylation sites (tertiary alicyclic amines) is 1. The summed E-state index contributed by atoms with van der Waals surface area (Å²) >= 11 is 0. The van der Waals surface area contributed by atoms with E-state index in [1.807, 2.05) is 0 Å². The molecule has 0 aromatic rings. The second-order valence-corrected chi connectivity index (χ2v) is 5.74. The summed E-state index contributed by atoms with van der Waals surface area (Å²) in [6, 6.07) is -0.296. The van der Waals surface area contributed by atoms with Crippen LogP contribution in [0.3, 0.4) is 0 Å². The van der Waals surface area contributed by atoms with Gasteiger partial charge < -0.3 is 16.4 Å². The molecule has 1 saturated carbocycles. The van der Waals surface area contributed by atoms with Gasteiger partial charge in [0.05, 0.1) is 0 Å². The highest BCUT2D eigenvalue weighted by molar-refractivity contribution is 5.88. The fourth-order valence-electron chi connectivity index (χ4n) is 3.14. The van der Waals surface area contributed by atoms with E-state index in [1.54, 1.807) is 4.90 Å². The molecule has 0 radical (unpaired) electrons. The Labute approximate surface area is 108 Å². The van der Waals surface area contributed by atoms with Gasteiger partial charge in [-0.25, -0.2) is 0 Å². The lowest BCUT2D eigenvalue weighted by Gasteiger charge is -2.34. The molecular weight excluding hydrogens is 230 g/mol. The fraction of sp³-hybridized carbons (Fsp3) is 0.846. The van der Waals surface area contributed by atoms with Crippen LogP contribution in [-0.4, -0.2) is 35.3 Å². The van der Waals surface area contributed by atoms with Crippen LogP contribution in [0.15, 0.2) is 0 Å². The second-order valence-electron chi connectivity index (χ2n) is 5.74. The van der Waals surface area contributed by atoms with Gasteiger partial charge in [-0.2, -0.15) is 0 Å². The molecular formula is C13H23N3O2. The van der Waals surface area contributed by atoms with E-state index in [0.717, 1.165) is 25.7 Å². The molecule has 5 nitrogen and oxygen atoms in total. The third-order valence-corrected chi connectivity index (χ3v) is 4.47. The molecule has 0 spiro atoms. The van der Waals surface area contributed by atoms with Crippen molar-refractivity contribution in [2.45, 2.75) is 51.1 Å². The van der Waals surface area contributed by atoms with E-state index in [-0.39, 0.29) is 23.8 Å². The minimum atomic E-state index is -0.395. The first kappa shape index (κ1) is 13.3. The summed E-state index contributed by atoms with van der Waals surface area (Å²) in [5, 5.41) is 0. The monoisotopic (exact) mass is 253 g/mol. The second kappa shape index (κ2) is 5.26.